The highest BCUT2D eigenvalue weighted by atomic mass is 32.2. The number of nitrogen functional groups attached to an aromatic ring is 1. The largest absolute Gasteiger partial charge is 0.481 e. The van der Waals surface area contributed by atoms with Crippen molar-refractivity contribution in [1.29, 1.82) is 0 Å². The number of carboxylic acids is 1. The van der Waals surface area contributed by atoms with E-state index in [-0.39, 0.29) is 5.75 Å². The summed E-state index contributed by atoms with van der Waals surface area (Å²) < 4.78 is 1.86. The van der Waals surface area contributed by atoms with Crippen LogP contribution in [0.1, 0.15) is 32.6 Å². The second kappa shape index (κ2) is 5.17. The zero-order valence-corrected chi connectivity index (χ0v) is 11.2. The number of hydrogen-bond acceptors (Lipinski definition) is 5. The van der Waals surface area contributed by atoms with Crippen LogP contribution in [-0.2, 0) is 11.3 Å². The third-order valence-corrected chi connectivity index (χ3v) is 4.68. The van der Waals surface area contributed by atoms with E-state index in [0.29, 0.717) is 16.5 Å². The van der Waals surface area contributed by atoms with Gasteiger partial charge in [0.15, 0.2) is 5.16 Å². The summed E-state index contributed by atoms with van der Waals surface area (Å²) in [5.41, 5.74) is 6.12. The predicted octanol–water partition coefficient (Wildman–Crippen LogP) is 1.62. The quantitative estimate of drug-likeness (QED) is 0.763. The molecule has 1 fully saturated rings. The molecule has 3 N–H and O–H groups in total. The number of nitrogens with zero attached hydrogens (tertiary/aromatic N) is 3. The first kappa shape index (κ1) is 13.2. The number of aliphatic carboxylic acids is 1. The molecule has 0 atom stereocenters. The number of thioether (sulfide) groups is 1. The molecule has 0 unspecified atom stereocenters. The first-order chi connectivity index (χ1) is 8.56. The van der Waals surface area contributed by atoms with E-state index in [1.807, 2.05) is 4.57 Å². The second-order valence-electron chi connectivity index (χ2n) is 4.82. The molecule has 1 aromatic heterocycles. The van der Waals surface area contributed by atoms with Crippen molar-refractivity contribution >= 4 is 23.7 Å². The molecular formula is C11H18N4O2S. The van der Waals surface area contributed by atoms with Crippen molar-refractivity contribution in [3.05, 3.63) is 0 Å². The Labute approximate surface area is 110 Å². The number of nitrogens with two attached hydrogens (primary N) is 1. The van der Waals surface area contributed by atoms with E-state index in [9.17, 15) is 4.79 Å². The van der Waals surface area contributed by atoms with Crippen LogP contribution in [0.3, 0.4) is 0 Å². The van der Waals surface area contributed by atoms with E-state index in [2.05, 4.69) is 17.1 Å². The van der Waals surface area contributed by atoms with Crippen LogP contribution in [0.5, 0.6) is 0 Å². The average molecular weight is 270 g/mol. The first-order valence-electron chi connectivity index (χ1n) is 6.09. The van der Waals surface area contributed by atoms with Crippen molar-refractivity contribution in [2.45, 2.75) is 44.3 Å². The minimum Gasteiger partial charge on any atom is -0.481 e. The fraction of sp³-hybridized carbons (Fsp3) is 0.727. The summed E-state index contributed by atoms with van der Waals surface area (Å²) in [6.45, 7) is 2.98. The number of rotatable bonds is 6. The van der Waals surface area contributed by atoms with Gasteiger partial charge in [-0.3, -0.25) is 9.36 Å². The Kier molecular flexibility index (Phi) is 3.79. The lowest BCUT2D eigenvalue weighted by molar-refractivity contribution is -0.133. The van der Waals surface area contributed by atoms with Crippen LogP contribution in [0.2, 0.25) is 0 Å². The van der Waals surface area contributed by atoms with E-state index in [0.717, 1.165) is 13.0 Å². The Bertz CT molecular complexity index is 437. The van der Waals surface area contributed by atoms with Crippen LogP contribution in [-0.4, -0.2) is 31.6 Å². The van der Waals surface area contributed by atoms with E-state index in [1.54, 1.807) is 0 Å². The summed E-state index contributed by atoms with van der Waals surface area (Å²) in [5.74, 6) is -0.498. The Balaban J connectivity index is 2.11. The molecule has 0 aromatic carbocycles. The van der Waals surface area contributed by atoms with Crippen LogP contribution < -0.4 is 5.73 Å². The normalized spacial score (nSPS) is 17.4. The standard InChI is InChI=1S/C11H18N4O2S/c1-2-11(4-3-5-11)7-15-9(12)13-14-10(15)18-6-8(16)17/h2-7H2,1H3,(H2,12,13)(H,16,17). The van der Waals surface area contributed by atoms with Gasteiger partial charge < -0.3 is 10.8 Å². The molecule has 7 heteroatoms. The van der Waals surface area contributed by atoms with Gasteiger partial charge in [0.25, 0.3) is 0 Å². The topological polar surface area (TPSA) is 94.0 Å². The molecule has 0 aliphatic heterocycles. The first-order valence-corrected chi connectivity index (χ1v) is 7.08. The maximum absolute atomic E-state index is 10.6. The molecule has 1 heterocycles. The lowest BCUT2D eigenvalue weighted by Gasteiger charge is -2.41. The minimum absolute atomic E-state index is 0.0166. The molecule has 18 heavy (non-hydrogen) atoms. The molecule has 0 radical (unpaired) electrons. The van der Waals surface area contributed by atoms with Crippen molar-refractivity contribution < 1.29 is 9.90 Å². The molecule has 6 nitrogen and oxygen atoms in total. The highest BCUT2D eigenvalue weighted by molar-refractivity contribution is 7.99. The maximum Gasteiger partial charge on any atom is 0.313 e. The third-order valence-electron chi connectivity index (χ3n) is 3.73. The third kappa shape index (κ3) is 2.60. The SMILES string of the molecule is CCC1(Cn2c(N)nnc2SCC(=O)O)CCC1. The Morgan fingerprint density at radius 3 is 2.78 bits per heavy atom. The summed E-state index contributed by atoms with van der Waals surface area (Å²) >= 11 is 1.17. The van der Waals surface area contributed by atoms with Crippen LogP contribution in [0.15, 0.2) is 5.16 Å². The van der Waals surface area contributed by atoms with Gasteiger partial charge in [-0.1, -0.05) is 25.1 Å². The number of hydrogen-bond donors (Lipinski definition) is 2. The van der Waals surface area contributed by atoms with Crippen molar-refractivity contribution in [2.75, 3.05) is 11.5 Å². The number of carbonyl (C=O) groups is 1. The van der Waals surface area contributed by atoms with Gasteiger partial charge in [-0.2, -0.15) is 0 Å². The van der Waals surface area contributed by atoms with Crippen LogP contribution in [0.4, 0.5) is 5.95 Å². The van der Waals surface area contributed by atoms with E-state index >= 15 is 0 Å². The minimum atomic E-state index is -0.859. The average Bonchev–Trinajstić information content (AvgIpc) is 2.62. The lowest BCUT2D eigenvalue weighted by atomic mass is 9.67. The summed E-state index contributed by atoms with van der Waals surface area (Å²) in [7, 11) is 0. The van der Waals surface area contributed by atoms with Crippen LogP contribution in [0.25, 0.3) is 0 Å². The molecule has 100 valence electrons. The number of aromatic nitrogens is 3. The Morgan fingerprint density at radius 2 is 2.28 bits per heavy atom. The van der Waals surface area contributed by atoms with Gasteiger partial charge >= 0.3 is 5.97 Å². The molecule has 1 aliphatic carbocycles. The summed E-state index contributed by atoms with van der Waals surface area (Å²) in [4.78, 5) is 10.6. The van der Waals surface area contributed by atoms with Crippen molar-refractivity contribution in [1.82, 2.24) is 14.8 Å². The second-order valence-corrected chi connectivity index (χ2v) is 5.76. The zero-order chi connectivity index (χ0) is 13.2. The summed E-state index contributed by atoms with van der Waals surface area (Å²) in [6.07, 6.45) is 4.76. The highest BCUT2D eigenvalue weighted by Gasteiger charge is 2.36. The molecule has 0 spiro atoms. The van der Waals surface area contributed by atoms with Gasteiger partial charge in [-0.05, 0) is 24.7 Å². The van der Waals surface area contributed by atoms with Gasteiger partial charge in [0.1, 0.15) is 0 Å². The Morgan fingerprint density at radius 1 is 1.56 bits per heavy atom. The van der Waals surface area contributed by atoms with Crippen LogP contribution >= 0.6 is 11.8 Å². The fourth-order valence-corrected chi connectivity index (χ4v) is 2.98. The molecule has 0 saturated heterocycles. The van der Waals surface area contributed by atoms with Gasteiger partial charge in [0, 0.05) is 6.54 Å². The monoisotopic (exact) mass is 270 g/mol. The Hall–Kier alpha value is -1.24. The highest BCUT2D eigenvalue weighted by Crippen LogP contribution is 2.45. The van der Waals surface area contributed by atoms with Crippen molar-refractivity contribution in [3.63, 3.8) is 0 Å². The zero-order valence-electron chi connectivity index (χ0n) is 10.4. The number of carboxylic acid groups (broad SMARTS) is 1. The molecule has 1 aromatic rings. The van der Waals surface area contributed by atoms with Gasteiger partial charge in [-0.25, -0.2) is 0 Å². The fourth-order valence-electron chi connectivity index (χ4n) is 2.32. The van der Waals surface area contributed by atoms with E-state index in [1.165, 1.54) is 31.0 Å². The van der Waals surface area contributed by atoms with Crippen molar-refractivity contribution in [2.24, 2.45) is 5.41 Å². The molecule has 0 bridgehead atoms. The van der Waals surface area contributed by atoms with E-state index in [4.69, 9.17) is 10.8 Å². The van der Waals surface area contributed by atoms with Crippen LogP contribution in [0, 0.1) is 5.41 Å². The smallest absolute Gasteiger partial charge is 0.313 e. The lowest BCUT2D eigenvalue weighted by Crippen LogP contribution is -2.34. The van der Waals surface area contributed by atoms with E-state index < -0.39 is 5.97 Å². The van der Waals surface area contributed by atoms with Gasteiger partial charge in [0.2, 0.25) is 5.95 Å². The number of anilines is 1. The molecule has 1 saturated carbocycles. The summed E-state index contributed by atoms with van der Waals surface area (Å²) in [5, 5.41) is 17.1. The predicted molar refractivity (Wildman–Crippen MR) is 69.4 cm³/mol. The molecular weight excluding hydrogens is 252 g/mol. The maximum atomic E-state index is 10.6. The molecule has 0 amide bonds. The molecule has 1 aliphatic rings. The van der Waals surface area contributed by atoms with Gasteiger partial charge in [0.05, 0.1) is 5.75 Å². The molecule has 2 rings (SSSR count). The summed E-state index contributed by atoms with van der Waals surface area (Å²) in [6, 6.07) is 0. The van der Waals surface area contributed by atoms with Gasteiger partial charge in [-0.15, -0.1) is 10.2 Å². The van der Waals surface area contributed by atoms with Crippen molar-refractivity contribution in [3.8, 4) is 0 Å².